The quantitative estimate of drug-likeness (QED) is 0.751. The maximum Gasteiger partial charge on any atom is 0.290 e. The number of benzene rings is 1. The predicted octanol–water partition coefficient (Wildman–Crippen LogP) is 2.78. The minimum absolute atomic E-state index is 0.0185. The van der Waals surface area contributed by atoms with Gasteiger partial charge in [-0.1, -0.05) is 13.8 Å². The van der Waals surface area contributed by atoms with Gasteiger partial charge in [0, 0.05) is 19.8 Å². The van der Waals surface area contributed by atoms with Gasteiger partial charge >= 0.3 is 0 Å². The summed E-state index contributed by atoms with van der Waals surface area (Å²) in [6.07, 6.45) is 5.10. The lowest BCUT2D eigenvalue weighted by Crippen LogP contribution is -2.26. The predicted molar refractivity (Wildman–Crippen MR) is 122 cm³/mol. The van der Waals surface area contributed by atoms with E-state index in [0.29, 0.717) is 22.9 Å². The summed E-state index contributed by atoms with van der Waals surface area (Å²) in [5.74, 6) is 12.9. The van der Waals surface area contributed by atoms with E-state index in [1.165, 1.54) is 4.68 Å². The molecule has 0 unspecified atom stereocenters. The lowest BCUT2D eigenvalue weighted by Gasteiger charge is -2.12. The number of anilines is 1. The molecule has 0 bridgehead atoms. The second kappa shape index (κ2) is 8.52. The fourth-order valence-corrected chi connectivity index (χ4v) is 2.92. The van der Waals surface area contributed by atoms with Crippen LogP contribution >= 0.6 is 0 Å². The third-order valence-corrected chi connectivity index (χ3v) is 4.43. The van der Waals surface area contributed by atoms with Gasteiger partial charge < -0.3 is 4.90 Å². The van der Waals surface area contributed by atoms with Crippen LogP contribution < -0.4 is 10.5 Å². The van der Waals surface area contributed by atoms with Crippen molar-refractivity contribution in [1.82, 2.24) is 9.66 Å². The Bertz CT molecular complexity index is 1280. The van der Waals surface area contributed by atoms with Gasteiger partial charge in [0.2, 0.25) is 0 Å². The van der Waals surface area contributed by atoms with Gasteiger partial charge in [0.1, 0.15) is 11.3 Å². The molecule has 0 saturated heterocycles. The number of aromatic nitrogens is 2. The number of hydrogen-bond acceptors (Lipinski definition) is 5. The maximum atomic E-state index is 13.1. The zero-order valence-electron chi connectivity index (χ0n) is 17.6. The van der Waals surface area contributed by atoms with E-state index in [-0.39, 0.29) is 17.0 Å². The number of aliphatic imine (C=N–C) groups is 1. The Morgan fingerprint density at radius 2 is 1.83 bits per heavy atom. The summed E-state index contributed by atoms with van der Waals surface area (Å²) < 4.78 is 1.26. The van der Waals surface area contributed by atoms with Crippen LogP contribution in [0.25, 0.3) is 0 Å². The molecule has 0 fully saturated rings. The number of fused-ring (bicyclic) bond motifs is 1. The first-order valence-electron chi connectivity index (χ1n) is 9.39. The molecule has 2 heterocycles. The van der Waals surface area contributed by atoms with Crippen molar-refractivity contribution < 1.29 is 0 Å². The van der Waals surface area contributed by atoms with Gasteiger partial charge in [-0.15, -0.1) is 6.42 Å². The van der Waals surface area contributed by atoms with Crippen LogP contribution in [0.5, 0.6) is 0 Å². The molecule has 0 aliphatic carbocycles. The topological polar surface area (TPSA) is 62.9 Å². The first kappa shape index (κ1) is 20.6. The van der Waals surface area contributed by atoms with Crippen molar-refractivity contribution in [2.24, 2.45) is 10.1 Å². The molecule has 3 rings (SSSR count). The van der Waals surface area contributed by atoms with Gasteiger partial charge in [0.15, 0.2) is 5.82 Å². The van der Waals surface area contributed by atoms with E-state index < -0.39 is 0 Å². The second-order valence-corrected chi connectivity index (χ2v) is 7.17. The van der Waals surface area contributed by atoms with Crippen molar-refractivity contribution in [2.75, 3.05) is 19.0 Å². The monoisotopic (exact) mass is 395 g/mol. The highest BCUT2D eigenvalue weighted by atomic mass is 16.1. The van der Waals surface area contributed by atoms with Crippen LogP contribution in [-0.4, -0.2) is 35.2 Å². The van der Waals surface area contributed by atoms with Gasteiger partial charge in [-0.2, -0.15) is 9.78 Å². The van der Waals surface area contributed by atoms with E-state index in [2.05, 4.69) is 34.7 Å². The van der Waals surface area contributed by atoms with Gasteiger partial charge in [-0.05, 0) is 66.7 Å². The Kier molecular flexibility index (Phi) is 5.86. The standard InChI is InChI=1S/C24H21N5O/c1-7-8-9-10-11-20-21(16(2)3)26-23-22(17(4)27-29(23)24(20)30)25-18-12-14-19(15-13-18)28(5)6/h1,12-16H,2-6H3. The highest BCUT2D eigenvalue weighted by Crippen LogP contribution is 2.22. The number of hydrogen-bond donors (Lipinski definition) is 0. The molecule has 2 aromatic rings. The first-order valence-corrected chi connectivity index (χ1v) is 9.39. The molecule has 1 aromatic carbocycles. The molecule has 148 valence electrons. The smallest absolute Gasteiger partial charge is 0.290 e. The van der Waals surface area contributed by atoms with Crippen LogP contribution in [0.15, 0.2) is 39.2 Å². The summed E-state index contributed by atoms with van der Waals surface area (Å²) >= 11 is 0. The van der Waals surface area contributed by atoms with Gasteiger partial charge in [0.05, 0.1) is 17.1 Å². The van der Waals surface area contributed by atoms with Crippen molar-refractivity contribution in [3.8, 4) is 36.0 Å². The first-order chi connectivity index (χ1) is 14.3. The Morgan fingerprint density at radius 3 is 2.43 bits per heavy atom. The van der Waals surface area contributed by atoms with Crippen LogP contribution in [0.2, 0.25) is 0 Å². The second-order valence-electron chi connectivity index (χ2n) is 7.17. The SMILES string of the molecule is C#CC#CC#Cc1c(C(C)C)nc2n(c1=O)N=C(C)C2=Nc1ccc(N(C)C)cc1. The molecule has 0 spiro atoms. The molecule has 6 heteroatoms. The Labute approximate surface area is 176 Å². The molecule has 0 atom stereocenters. The summed E-state index contributed by atoms with van der Waals surface area (Å²) in [5, 5.41) is 4.36. The molecule has 6 nitrogen and oxygen atoms in total. The molecular formula is C24H21N5O. The highest BCUT2D eigenvalue weighted by Gasteiger charge is 2.27. The maximum absolute atomic E-state index is 13.1. The van der Waals surface area contributed by atoms with Crippen molar-refractivity contribution in [3.05, 3.63) is 51.7 Å². The molecule has 1 aliphatic rings. The summed E-state index contributed by atoms with van der Waals surface area (Å²) in [5.41, 5.74) is 3.53. The molecule has 0 radical (unpaired) electrons. The average Bonchev–Trinajstić information content (AvgIpc) is 3.02. The average molecular weight is 395 g/mol. The number of terminal acetylenes is 1. The summed E-state index contributed by atoms with van der Waals surface area (Å²) in [4.78, 5) is 24.5. The van der Waals surface area contributed by atoms with Crippen molar-refractivity contribution in [2.45, 2.75) is 26.7 Å². The third kappa shape index (κ3) is 4.02. The molecule has 0 N–H and O–H groups in total. The normalized spacial score (nSPS) is 13.0. The fraction of sp³-hybridized carbons (Fsp3) is 0.250. The van der Waals surface area contributed by atoms with Crippen LogP contribution in [0.1, 0.15) is 43.8 Å². The fourth-order valence-electron chi connectivity index (χ4n) is 2.92. The minimum Gasteiger partial charge on any atom is -0.378 e. The van der Waals surface area contributed by atoms with E-state index in [0.717, 1.165) is 11.4 Å². The molecule has 30 heavy (non-hydrogen) atoms. The van der Waals surface area contributed by atoms with E-state index in [9.17, 15) is 4.79 Å². The van der Waals surface area contributed by atoms with Crippen LogP contribution in [0.4, 0.5) is 11.4 Å². The third-order valence-electron chi connectivity index (χ3n) is 4.43. The van der Waals surface area contributed by atoms with E-state index in [4.69, 9.17) is 16.4 Å². The van der Waals surface area contributed by atoms with Gasteiger partial charge in [-0.3, -0.25) is 4.79 Å². The minimum atomic E-state index is -0.341. The summed E-state index contributed by atoms with van der Waals surface area (Å²) in [6.45, 7) is 5.72. The number of nitrogens with zero attached hydrogens (tertiary/aromatic N) is 5. The van der Waals surface area contributed by atoms with E-state index in [1.807, 2.05) is 57.1 Å². The van der Waals surface area contributed by atoms with Crippen LogP contribution in [-0.2, 0) is 0 Å². The molecular weight excluding hydrogens is 374 g/mol. The molecule has 1 aromatic heterocycles. The van der Waals surface area contributed by atoms with E-state index in [1.54, 1.807) is 6.92 Å². The van der Waals surface area contributed by atoms with Crippen molar-refractivity contribution in [3.63, 3.8) is 0 Å². The molecule has 1 aliphatic heterocycles. The number of rotatable bonds is 3. The zero-order valence-corrected chi connectivity index (χ0v) is 17.6. The molecule has 0 saturated carbocycles. The van der Waals surface area contributed by atoms with Crippen LogP contribution in [0.3, 0.4) is 0 Å². The lowest BCUT2D eigenvalue weighted by molar-refractivity contribution is 0.738. The summed E-state index contributed by atoms with van der Waals surface area (Å²) in [6, 6.07) is 7.81. The van der Waals surface area contributed by atoms with Crippen molar-refractivity contribution in [1.29, 1.82) is 0 Å². The lowest BCUT2D eigenvalue weighted by atomic mass is 10.0. The summed E-state index contributed by atoms with van der Waals surface area (Å²) in [7, 11) is 3.96. The van der Waals surface area contributed by atoms with Crippen LogP contribution in [0, 0.1) is 36.0 Å². The zero-order chi connectivity index (χ0) is 21.8. The van der Waals surface area contributed by atoms with E-state index >= 15 is 0 Å². The largest absolute Gasteiger partial charge is 0.378 e. The van der Waals surface area contributed by atoms with Gasteiger partial charge in [-0.25, -0.2) is 9.98 Å². The van der Waals surface area contributed by atoms with Crippen molar-refractivity contribution >= 4 is 22.8 Å². The Hall–Kier alpha value is -4.08. The molecule has 0 amide bonds. The highest BCUT2D eigenvalue weighted by molar-refractivity contribution is 6.48. The Morgan fingerprint density at radius 1 is 1.13 bits per heavy atom. The Balaban J connectivity index is 2.15. The van der Waals surface area contributed by atoms with Gasteiger partial charge in [0.25, 0.3) is 5.56 Å².